The van der Waals surface area contributed by atoms with Gasteiger partial charge < -0.3 is 10.2 Å². The molecule has 1 heterocycles. The number of nitrogens with two attached hydrogens (primary N) is 1. The minimum absolute atomic E-state index is 0.545. The SMILES string of the molecule is CCc1c(NN)ncnc1Oc1cc(C)cc(C)c1C. The van der Waals surface area contributed by atoms with Gasteiger partial charge in [-0.2, -0.15) is 0 Å². The third-order valence-corrected chi connectivity index (χ3v) is 3.37. The van der Waals surface area contributed by atoms with Crippen molar-refractivity contribution in [3.8, 4) is 11.6 Å². The van der Waals surface area contributed by atoms with Crippen LogP contribution < -0.4 is 16.0 Å². The molecule has 3 N–H and O–H groups in total. The zero-order chi connectivity index (χ0) is 14.7. The number of rotatable bonds is 4. The highest BCUT2D eigenvalue weighted by atomic mass is 16.5. The summed E-state index contributed by atoms with van der Waals surface area (Å²) in [5.41, 5.74) is 6.92. The Balaban J connectivity index is 2.45. The largest absolute Gasteiger partial charge is 0.438 e. The predicted octanol–water partition coefficient (Wildman–Crippen LogP) is 3.04. The number of anilines is 1. The molecule has 106 valence electrons. The number of hydrogen-bond donors (Lipinski definition) is 2. The summed E-state index contributed by atoms with van der Waals surface area (Å²) in [6, 6.07) is 4.15. The fraction of sp³-hybridized carbons (Fsp3) is 0.333. The molecule has 0 unspecified atom stereocenters. The first-order chi connectivity index (χ1) is 9.56. The van der Waals surface area contributed by atoms with Crippen LogP contribution in [0.4, 0.5) is 5.82 Å². The monoisotopic (exact) mass is 272 g/mol. The first-order valence-electron chi connectivity index (χ1n) is 6.63. The molecule has 20 heavy (non-hydrogen) atoms. The maximum absolute atomic E-state index is 5.99. The molecule has 0 aliphatic rings. The first kappa shape index (κ1) is 14.3. The van der Waals surface area contributed by atoms with E-state index in [-0.39, 0.29) is 0 Å². The van der Waals surface area contributed by atoms with E-state index in [1.807, 2.05) is 26.8 Å². The van der Waals surface area contributed by atoms with E-state index in [2.05, 4.69) is 28.4 Å². The van der Waals surface area contributed by atoms with Crippen molar-refractivity contribution in [3.05, 3.63) is 40.7 Å². The van der Waals surface area contributed by atoms with E-state index in [1.165, 1.54) is 11.9 Å². The summed E-state index contributed by atoms with van der Waals surface area (Å²) in [5, 5.41) is 0. The standard InChI is InChI=1S/C15H20N4O/c1-5-12-14(19-16)17-8-18-15(12)20-13-7-9(2)6-10(3)11(13)4/h6-8H,5,16H2,1-4H3,(H,17,18,19). The summed E-state index contributed by atoms with van der Waals surface area (Å²) in [6.45, 7) is 8.18. The van der Waals surface area contributed by atoms with Crippen LogP contribution >= 0.6 is 0 Å². The molecule has 0 amide bonds. The van der Waals surface area contributed by atoms with E-state index in [0.29, 0.717) is 11.7 Å². The Kier molecular flexibility index (Phi) is 4.20. The van der Waals surface area contributed by atoms with Gasteiger partial charge in [0.25, 0.3) is 0 Å². The number of ether oxygens (including phenoxy) is 1. The van der Waals surface area contributed by atoms with Gasteiger partial charge >= 0.3 is 0 Å². The number of hydrazine groups is 1. The Labute approximate surface area is 119 Å². The van der Waals surface area contributed by atoms with Gasteiger partial charge in [-0.3, -0.25) is 0 Å². The second kappa shape index (κ2) is 5.88. The molecule has 0 aliphatic carbocycles. The molecule has 1 aromatic carbocycles. The van der Waals surface area contributed by atoms with Gasteiger partial charge in [-0.1, -0.05) is 13.0 Å². The molecule has 0 aliphatic heterocycles. The van der Waals surface area contributed by atoms with Crippen LogP contribution in [-0.2, 0) is 6.42 Å². The Hall–Kier alpha value is -2.14. The Morgan fingerprint density at radius 2 is 1.95 bits per heavy atom. The highest BCUT2D eigenvalue weighted by molar-refractivity contribution is 5.50. The van der Waals surface area contributed by atoms with Crippen LogP contribution in [0.2, 0.25) is 0 Å². The van der Waals surface area contributed by atoms with E-state index in [4.69, 9.17) is 10.6 Å². The van der Waals surface area contributed by atoms with Crippen molar-refractivity contribution in [2.75, 3.05) is 5.43 Å². The molecule has 1 aromatic heterocycles. The number of aryl methyl sites for hydroxylation is 2. The molecule has 0 saturated heterocycles. The lowest BCUT2D eigenvalue weighted by Crippen LogP contribution is -2.12. The second-order valence-electron chi connectivity index (χ2n) is 4.81. The molecule has 0 saturated carbocycles. The normalized spacial score (nSPS) is 10.4. The lowest BCUT2D eigenvalue weighted by molar-refractivity contribution is 0.451. The summed E-state index contributed by atoms with van der Waals surface area (Å²) >= 11 is 0. The van der Waals surface area contributed by atoms with Crippen LogP contribution in [0.3, 0.4) is 0 Å². The number of nitrogens with one attached hydrogen (secondary N) is 1. The molecule has 0 spiro atoms. The molecule has 5 nitrogen and oxygen atoms in total. The van der Waals surface area contributed by atoms with Crippen LogP contribution in [0.5, 0.6) is 11.6 Å². The lowest BCUT2D eigenvalue weighted by Gasteiger charge is -2.14. The number of benzene rings is 1. The van der Waals surface area contributed by atoms with E-state index in [9.17, 15) is 0 Å². The Morgan fingerprint density at radius 3 is 2.60 bits per heavy atom. The number of nitrogens with zero attached hydrogens (tertiary/aromatic N) is 2. The van der Waals surface area contributed by atoms with E-state index in [1.54, 1.807) is 0 Å². The molecule has 5 heteroatoms. The Bertz CT molecular complexity index is 626. The van der Waals surface area contributed by atoms with E-state index >= 15 is 0 Å². The molecule has 0 bridgehead atoms. The van der Waals surface area contributed by atoms with Crippen molar-refractivity contribution in [2.45, 2.75) is 34.1 Å². The van der Waals surface area contributed by atoms with Crippen molar-refractivity contribution < 1.29 is 4.74 Å². The molecular formula is C15H20N4O. The summed E-state index contributed by atoms with van der Waals surface area (Å²) in [5.74, 6) is 7.43. The fourth-order valence-corrected chi connectivity index (χ4v) is 2.14. The molecular weight excluding hydrogens is 252 g/mol. The van der Waals surface area contributed by atoms with Gasteiger partial charge in [-0.25, -0.2) is 15.8 Å². The van der Waals surface area contributed by atoms with Crippen molar-refractivity contribution in [1.82, 2.24) is 9.97 Å². The number of hydrogen-bond acceptors (Lipinski definition) is 5. The molecule has 2 aromatic rings. The lowest BCUT2D eigenvalue weighted by atomic mass is 10.1. The van der Waals surface area contributed by atoms with E-state index in [0.717, 1.165) is 28.9 Å². The van der Waals surface area contributed by atoms with Gasteiger partial charge in [0.05, 0.1) is 5.56 Å². The summed E-state index contributed by atoms with van der Waals surface area (Å²) < 4.78 is 5.99. The van der Waals surface area contributed by atoms with Crippen LogP contribution in [0, 0.1) is 20.8 Å². The zero-order valence-corrected chi connectivity index (χ0v) is 12.3. The minimum Gasteiger partial charge on any atom is -0.438 e. The average Bonchev–Trinajstić information content (AvgIpc) is 2.43. The Morgan fingerprint density at radius 1 is 1.20 bits per heavy atom. The highest BCUT2D eigenvalue weighted by Crippen LogP contribution is 2.31. The maximum atomic E-state index is 5.99. The average molecular weight is 272 g/mol. The van der Waals surface area contributed by atoms with Crippen molar-refractivity contribution in [3.63, 3.8) is 0 Å². The number of nitrogen functional groups attached to an aromatic ring is 1. The van der Waals surface area contributed by atoms with Crippen molar-refractivity contribution >= 4 is 5.82 Å². The molecule has 0 atom stereocenters. The van der Waals surface area contributed by atoms with Gasteiger partial charge in [-0.15, -0.1) is 0 Å². The van der Waals surface area contributed by atoms with Crippen molar-refractivity contribution in [1.29, 1.82) is 0 Å². The highest BCUT2D eigenvalue weighted by Gasteiger charge is 2.13. The third kappa shape index (κ3) is 2.72. The maximum Gasteiger partial charge on any atom is 0.227 e. The van der Waals surface area contributed by atoms with Gasteiger partial charge in [0.2, 0.25) is 5.88 Å². The van der Waals surface area contributed by atoms with Crippen LogP contribution in [0.25, 0.3) is 0 Å². The molecule has 0 radical (unpaired) electrons. The summed E-state index contributed by atoms with van der Waals surface area (Å²) in [7, 11) is 0. The quantitative estimate of drug-likeness (QED) is 0.661. The summed E-state index contributed by atoms with van der Waals surface area (Å²) in [6.07, 6.45) is 2.18. The number of aromatic nitrogens is 2. The zero-order valence-electron chi connectivity index (χ0n) is 12.3. The van der Waals surface area contributed by atoms with Crippen LogP contribution in [0.1, 0.15) is 29.2 Å². The van der Waals surface area contributed by atoms with Gasteiger partial charge in [0.15, 0.2) is 0 Å². The predicted molar refractivity (Wildman–Crippen MR) is 79.9 cm³/mol. The third-order valence-electron chi connectivity index (χ3n) is 3.37. The van der Waals surface area contributed by atoms with Crippen molar-refractivity contribution in [2.24, 2.45) is 5.84 Å². The molecule has 0 fully saturated rings. The van der Waals surface area contributed by atoms with Gasteiger partial charge in [0.1, 0.15) is 17.9 Å². The topological polar surface area (TPSA) is 73.1 Å². The molecule has 2 rings (SSSR count). The van der Waals surface area contributed by atoms with Crippen LogP contribution in [-0.4, -0.2) is 9.97 Å². The van der Waals surface area contributed by atoms with Gasteiger partial charge in [0, 0.05) is 0 Å². The smallest absolute Gasteiger partial charge is 0.227 e. The van der Waals surface area contributed by atoms with Gasteiger partial charge in [-0.05, 0) is 49.9 Å². The first-order valence-corrected chi connectivity index (χ1v) is 6.63. The fourth-order valence-electron chi connectivity index (χ4n) is 2.14. The van der Waals surface area contributed by atoms with Crippen LogP contribution in [0.15, 0.2) is 18.5 Å². The van der Waals surface area contributed by atoms with E-state index < -0.39 is 0 Å². The minimum atomic E-state index is 0.545. The summed E-state index contributed by atoms with van der Waals surface area (Å²) in [4.78, 5) is 8.33. The second-order valence-corrected chi connectivity index (χ2v) is 4.81.